The zero-order valence-corrected chi connectivity index (χ0v) is 12.8. The van der Waals surface area contributed by atoms with Crippen molar-refractivity contribution in [1.29, 1.82) is 0 Å². The van der Waals surface area contributed by atoms with Gasteiger partial charge in [0.15, 0.2) is 0 Å². The number of likely N-dealkylation sites (N-methyl/N-ethyl adjacent to an activating group) is 1. The SMILES string of the molecule is CN(C)C(C)(C)CNCC(C(N)=NO)c1ccccc1. The second-order valence-corrected chi connectivity index (χ2v) is 5.83. The first-order chi connectivity index (χ1) is 9.38. The number of nitrogens with two attached hydrogens (primary N) is 1. The third-order valence-corrected chi connectivity index (χ3v) is 3.79. The van der Waals surface area contributed by atoms with Crippen LogP contribution in [0.1, 0.15) is 25.3 Å². The lowest BCUT2D eigenvalue weighted by Crippen LogP contribution is -2.48. The molecule has 112 valence electrons. The Morgan fingerprint density at radius 2 is 1.95 bits per heavy atom. The fraction of sp³-hybridized carbons (Fsp3) is 0.533. The van der Waals surface area contributed by atoms with E-state index in [1.807, 2.05) is 30.3 Å². The van der Waals surface area contributed by atoms with E-state index in [1.54, 1.807) is 0 Å². The molecule has 0 saturated heterocycles. The van der Waals surface area contributed by atoms with Crippen molar-refractivity contribution in [3.05, 3.63) is 35.9 Å². The number of hydrogen-bond acceptors (Lipinski definition) is 4. The van der Waals surface area contributed by atoms with Crippen molar-refractivity contribution in [2.24, 2.45) is 10.9 Å². The minimum atomic E-state index is -0.126. The third kappa shape index (κ3) is 4.51. The van der Waals surface area contributed by atoms with Gasteiger partial charge in [-0.15, -0.1) is 0 Å². The summed E-state index contributed by atoms with van der Waals surface area (Å²) in [5.74, 6) is 0.102. The maximum absolute atomic E-state index is 8.94. The first-order valence-corrected chi connectivity index (χ1v) is 6.79. The van der Waals surface area contributed by atoms with E-state index in [0.717, 1.165) is 12.1 Å². The molecular formula is C15H26N4O. The molecule has 0 aliphatic rings. The average Bonchev–Trinajstić information content (AvgIpc) is 2.43. The maximum atomic E-state index is 8.94. The van der Waals surface area contributed by atoms with Crippen LogP contribution in [0.4, 0.5) is 0 Å². The normalized spacial score (nSPS) is 14.6. The number of nitrogens with zero attached hydrogens (tertiary/aromatic N) is 2. The molecule has 0 aliphatic heterocycles. The van der Waals surface area contributed by atoms with E-state index in [-0.39, 0.29) is 17.3 Å². The fourth-order valence-electron chi connectivity index (χ4n) is 1.83. The van der Waals surface area contributed by atoms with Crippen LogP contribution < -0.4 is 11.1 Å². The predicted octanol–water partition coefficient (Wildman–Crippen LogP) is 1.45. The largest absolute Gasteiger partial charge is 0.409 e. The van der Waals surface area contributed by atoms with E-state index in [2.05, 4.69) is 43.3 Å². The standard InChI is InChI=1S/C15H26N4O/c1-15(2,19(3)4)11-17-10-13(14(16)18-20)12-8-6-5-7-9-12/h5-9,13,17,20H,10-11H2,1-4H3,(H2,16,18). The smallest absolute Gasteiger partial charge is 0.147 e. The quantitative estimate of drug-likeness (QED) is 0.305. The van der Waals surface area contributed by atoms with E-state index < -0.39 is 0 Å². The highest BCUT2D eigenvalue weighted by molar-refractivity contribution is 5.87. The molecule has 0 fully saturated rings. The highest BCUT2D eigenvalue weighted by Crippen LogP contribution is 2.15. The van der Waals surface area contributed by atoms with Crippen LogP contribution in [0.5, 0.6) is 0 Å². The van der Waals surface area contributed by atoms with Crippen molar-refractivity contribution >= 4 is 5.84 Å². The summed E-state index contributed by atoms with van der Waals surface area (Å²) in [6, 6.07) is 9.84. The average molecular weight is 278 g/mol. The number of hydrogen-bond donors (Lipinski definition) is 3. The molecule has 1 aromatic carbocycles. The van der Waals surface area contributed by atoms with E-state index in [9.17, 15) is 0 Å². The summed E-state index contributed by atoms with van der Waals surface area (Å²) in [6.45, 7) is 5.79. The van der Waals surface area contributed by atoms with Gasteiger partial charge >= 0.3 is 0 Å². The van der Waals surface area contributed by atoms with Crippen molar-refractivity contribution in [3.8, 4) is 0 Å². The van der Waals surface area contributed by atoms with Crippen LogP contribution >= 0.6 is 0 Å². The predicted molar refractivity (Wildman–Crippen MR) is 83.2 cm³/mol. The van der Waals surface area contributed by atoms with Crippen LogP contribution in [0.15, 0.2) is 35.5 Å². The summed E-state index contributed by atoms with van der Waals surface area (Å²) in [5, 5.41) is 15.5. The Balaban J connectivity index is 2.69. The molecule has 5 heteroatoms. The summed E-state index contributed by atoms with van der Waals surface area (Å²) in [5.41, 5.74) is 6.90. The van der Waals surface area contributed by atoms with Crippen LogP contribution in [0, 0.1) is 0 Å². The van der Waals surface area contributed by atoms with Crippen molar-refractivity contribution in [2.45, 2.75) is 25.3 Å². The third-order valence-electron chi connectivity index (χ3n) is 3.79. The fourth-order valence-corrected chi connectivity index (χ4v) is 1.83. The molecule has 0 aliphatic carbocycles. The number of nitrogens with one attached hydrogen (secondary N) is 1. The second-order valence-electron chi connectivity index (χ2n) is 5.83. The van der Waals surface area contributed by atoms with Crippen molar-refractivity contribution in [3.63, 3.8) is 0 Å². The van der Waals surface area contributed by atoms with E-state index in [4.69, 9.17) is 10.9 Å². The Bertz CT molecular complexity index is 429. The number of benzene rings is 1. The molecule has 20 heavy (non-hydrogen) atoms. The first-order valence-electron chi connectivity index (χ1n) is 6.79. The van der Waals surface area contributed by atoms with Crippen molar-refractivity contribution in [2.75, 3.05) is 27.2 Å². The summed E-state index contributed by atoms with van der Waals surface area (Å²) >= 11 is 0. The van der Waals surface area contributed by atoms with Gasteiger partial charge in [0, 0.05) is 18.6 Å². The molecular weight excluding hydrogens is 252 g/mol. The second kappa shape index (κ2) is 7.26. The van der Waals surface area contributed by atoms with Gasteiger partial charge in [-0.25, -0.2) is 0 Å². The molecule has 0 spiro atoms. The van der Waals surface area contributed by atoms with E-state index in [1.165, 1.54) is 0 Å². The van der Waals surface area contributed by atoms with Gasteiger partial charge in [-0.3, -0.25) is 0 Å². The zero-order chi connectivity index (χ0) is 15.2. The Kier molecular flexibility index (Phi) is 5.98. The molecule has 0 radical (unpaired) electrons. The first kappa shape index (κ1) is 16.5. The number of oxime groups is 1. The highest BCUT2D eigenvalue weighted by atomic mass is 16.4. The van der Waals surface area contributed by atoms with E-state index in [0.29, 0.717) is 6.54 Å². The lowest BCUT2D eigenvalue weighted by atomic mass is 9.97. The van der Waals surface area contributed by atoms with Crippen LogP contribution in [-0.2, 0) is 0 Å². The van der Waals surface area contributed by atoms with E-state index >= 15 is 0 Å². The molecule has 5 nitrogen and oxygen atoms in total. The van der Waals surface area contributed by atoms with Gasteiger partial charge in [0.25, 0.3) is 0 Å². The van der Waals surface area contributed by atoms with Gasteiger partial charge in [0.1, 0.15) is 5.84 Å². The van der Waals surface area contributed by atoms with Gasteiger partial charge < -0.3 is 21.2 Å². The van der Waals surface area contributed by atoms with Gasteiger partial charge in [-0.1, -0.05) is 35.5 Å². The van der Waals surface area contributed by atoms with Crippen LogP contribution in [0.3, 0.4) is 0 Å². The molecule has 1 atom stereocenters. The van der Waals surface area contributed by atoms with Gasteiger partial charge in [0.05, 0.1) is 5.92 Å². The lowest BCUT2D eigenvalue weighted by molar-refractivity contribution is 0.190. The summed E-state index contributed by atoms with van der Waals surface area (Å²) < 4.78 is 0. The van der Waals surface area contributed by atoms with Gasteiger partial charge in [0.2, 0.25) is 0 Å². The van der Waals surface area contributed by atoms with Gasteiger partial charge in [-0.2, -0.15) is 0 Å². The maximum Gasteiger partial charge on any atom is 0.147 e. The molecule has 0 saturated carbocycles. The summed E-state index contributed by atoms with van der Waals surface area (Å²) in [6.07, 6.45) is 0. The highest BCUT2D eigenvalue weighted by Gasteiger charge is 2.22. The van der Waals surface area contributed by atoms with Crippen LogP contribution in [-0.4, -0.2) is 48.7 Å². The summed E-state index contributed by atoms with van der Waals surface area (Å²) in [4.78, 5) is 2.17. The molecule has 0 amide bonds. The Hall–Kier alpha value is -1.59. The molecule has 0 bridgehead atoms. The van der Waals surface area contributed by atoms with Crippen LogP contribution in [0.2, 0.25) is 0 Å². The minimum absolute atomic E-state index is 0.0480. The molecule has 0 heterocycles. The topological polar surface area (TPSA) is 73.9 Å². The lowest BCUT2D eigenvalue weighted by Gasteiger charge is -2.33. The molecule has 0 aromatic heterocycles. The van der Waals surface area contributed by atoms with Gasteiger partial charge in [-0.05, 0) is 33.5 Å². The number of rotatable bonds is 7. The Morgan fingerprint density at radius 1 is 1.35 bits per heavy atom. The zero-order valence-electron chi connectivity index (χ0n) is 12.8. The molecule has 1 aromatic rings. The van der Waals surface area contributed by atoms with Crippen molar-refractivity contribution in [1.82, 2.24) is 10.2 Å². The van der Waals surface area contributed by atoms with Crippen LogP contribution in [0.25, 0.3) is 0 Å². The molecule has 4 N–H and O–H groups in total. The molecule has 1 unspecified atom stereocenters. The minimum Gasteiger partial charge on any atom is -0.409 e. The number of amidine groups is 1. The monoisotopic (exact) mass is 278 g/mol. The summed E-state index contributed by atoms with van der Waals surface area (Å²) in [7, 11) is 4.11. The Labute approximate surface area is 121 Å². The molecule has 1 rings (SSSR count). The van der Waals surface area contributed by atoms with Crippen molar-refractivity contribution < 1.29 is 5.21 Å². The Morgan fingerprint density at radius 3 is 2.45 bits per heavy atom.